The van der Waals surface area contributed by atoms with Crippen LogP contribution in [0.2, 0.25) is 0 Å². The topological polar surface area (TPSA) is 20.2 Å². The van der Waals surface area contributed by atoms with E-state index >= 15 is 0 Å². The highest BCUT2D eigenvalue weighted by atomic mass is 79.9. The first-order chi connectivity index (χ1) is 7.34. The molecule has 1 aliphatic carbocycles. The molecule has 0 amide bonds. The molecule has 1 aromatic carbocycles. The Morgan fingerprint density at radius 2 is 2.00 bits per heavy atom. The predicted octanol–water partition coefficient (Wildman–Crippen LogP) is 3.81. The molecule has 1 N–H and O–H groups in total. The Bertz CT molecular complexity index is 431. The van der Waals surface area contributed by atoms with Gasteiger partial charge >= 0.3 is 0 Å². The van der Waals surface area contributed by atoms with Crippen molar-refractivity contribution in [2.45, 2.75) is 26.4 Å². The van der Waals surface area contributed by atoms with Crippen molar-refractivity contribution in [3.05, 3.63) is 33.8 Å². The average molecular weight is 291 g/mol. The molecule has 0 aliphatic heterocycles. The molecule has 4 heteroatoms. The third-order valence-corrected chi connectivity index (χ3v) is 3.96. The SMILES string of the molecule is CC1(C)CC1C(O)c1c(F)ccc(Br)c1F. The molecule has 1 aromatic rings. The monoisotopic (exact) mass is 290 g/mol. The molecule has 2 rings (SSSR count). The maximum atomic E-state index is 13.7. The molecule has 1 aliphatic rings. The highest BCUT2D eigenvalue weighted by Crippen LogP contribution is 2.58. The van der Waals surface area contributed by atoms with E-state index in [1.54, 1.807) is 0 Å². The number of hydrogen-bond acceptors (Lipinski definition) is 1. The molecule has 0 bridgehead atoms. The zero-order valence-electron chi connectivity index (χ0n) is 9.10. The Morgan fingerprint density at radius 3 is 2.50 bits per heavy atom. The lowest BCUT2D eigenvalue weighted by molar-refractivity contribution is 0.129. The summed E-state index contributed by atoms with van der Waals surface area (Å²) in [6, 6.07) is 2.47. The summed E-state index contributed by atoms with van der Waals surface area (Å²) in [5.74, 6) is -1.45. The van der Waals surface area contributed by atoms with Gasteiger partial charge in [-0.2, -0.15) is 0 Å². The van der Waals surface area contributed by atoms with Gasteiger partial charge in [-0.3, -0.25) is 0 Å². The van der Waals surface area contributed by atoms with Crippen LogP contribution in [-0.2, 0) is 0 Å². The van der Waals surface area contributed by atoms with Crippen LogP contribution < -0.4 is 0 Å². The number of rotatable bonds is 2. The number of benzene rings is 1. The van der Waals surface area contributed by atoms with Gasteiger partial charge in [-0.05, 0) is 45.8 Å². The van der Waals surface area contributed by atoms with E-state index in [-0.39, 0.29) is 21.4 Å². The quantitative estimate of drug-likeness (QED) is 0.822. The van der Waals surface area contributed by atoms with Crippen LogP contribution in [0.15, 0.2) is 16.6 Å². The van der Waals surface area contributed by atoms with Gasteiger partial charge < -0.3 is 5.11 Å². The standard InChI is InChI=1S/C12H13BrF2O/c1-12(2)5-6(12)11(16)9-8(14)4-3-7(13)10(9)15/h3-4,6,11,16H,5H2,1-2H3. The van der Waals surface area contributed by atoms with Crippen LogP contribution in [0.5, 0.6) is 0 Å². The normalized spacial score (nSPS) is 24.2. The molecule has 0 heterocycles. The van der Waals surface area contributed by atoms with Crippen molar-refractivity contribution in [1.29, 1.82) is 0 Å². The molecule has 88 valence electrons. The molecule has 2 atom stereocenters. The molecule has 1 saturated carbocycles. The lowest BCUT2D eigenvalue weighted by Crippen LogP contribution is -2.09. The zero-order valence-corrected chi connectivity index (χ0v) is 10.7. The molecule has 1 nitrogen and oxygen atoms in total. The molecule has 0 spiro atoms. The number of hydrogen-bond donors (Lipinski definition) is 1. The van der Waals surface area contributed by atoms with Gasteiger partial charge in [0.05, 0.1) is 16.1 Å². The van der Waals surface area contributed by atoms with Crippen LogP contribution in [0, 0.1) is 23.0 Å². The number of halogens is 3. The van der Waals surface area contributed by atoms with Crippen LogP contribution in [0.3, 0.4) is 0 Å². The fourth-order valence-electron chi connectivity index (χ4n) is 2.06. The summed E-state index contributed by atoms with van der Waals surface area (Å²) in [6.07, 6.45) is -0.271. The highest BCUT2D eigenvalue weighted by Gasteiger charge is 2.51. The first-order valence-electron chi connectivity index (χ1n) is 5.16. The smallest absolute Gasteiger partial charge is 0.146 e. The van der Waals surface area contributed by atoms with Crippen LogP contribution in [0.1, 0.15) is 31.9 Å². The van der Waals surface area contributed by atoms with E-state index in [0.717, 1.165) is 6.42 Å². The lowest BCUT2D eigenvalue weighted by atomic mass is 9.99. The summed E-state index contributed by atoms with van der Waals surface area (Å²) < 4.78 is 27.4. The largest absolute Gasteiger partial charge is 0.388 e. The summed E-state index contributed by atoms with van der Waals surface area (Å²) in [4.78, 5) is 0. The Balaban J connectivity index is 2.37. The van der Waals surface area contributed by atoms with E-state index in [0.29, 0.717) is 0 Å². The summed E-state index contributed by atoms with van der Waals surface area (Å²) in [7, 11) is 0. The molecule has 2 unspecified atom stereocenters. The summed E-state index contributed by atoms with van der Waals surface area (Å²) in [5, 5.41) is 9.98. The van der Waals surface area contributed by atoms with Gasteiger partial charge in [-0.25, -0.2) is 8.78 Å². The van der Waals surface area contributed by atoms with Gasteiger partial charge in [-0.1, -0.05) is 13.8 Å². The minimum absolute atomic E-state index is 0.0272. The van der Waals surface area contributed by atoms with Gasteiger partial charge in [-0.15, -0.1) is 0 Å². The Morgan fingerprint density at radius 1 is 1.44 bits per heavy atom. The van der Waals surface area contributed by atoms with Gasteiger partial charge in [0.2, 0.25) is 0 Å². The zero-order chi connectivity index (χ0) is 12.1. The second-order valence-corrected chi connectivity index (χ2v) is 5.86. The maximum absolute atomic E-state index is 13.7. The minimum atomic E-state index is -1.06. The summed E-state index contributed by atoms with van der Waals surface area (Å²) in [6.45, 7) is 3.96. The van der Waals surface area contributed by atoms with Crippen LogP contribution in [-0.4, -0.2) is 5.11 Å². The summed E-state index contributed by atoms with van der Waals surface area (Å²) in [5.41, 5.74) is -0.245. The Labute approximate surface area is 102 Å². The molecular formula is C12H13BrF2O. The van der Waals surface area contributed by atoms with Crippen molar-refractivity contribution >= 4 is 15.9 Å². The summed E-state index contributed by atoms with van der Waals surface area (Å²) >= 11 is 2.99. The van der Waals surface area contributed by atoms with Crippen molar-refractivity contribution in [1.82, 2.24) is 0 Å². The Hall–Kier alpha value is -0.480. The van der Waals surface area contributed by atoms with Crippen molar-refractivity contribution in [3.63, 3.8) is 0 Å². The average Bonchev–Trinajstić information content (AvgIpc) is 2.82. The third kappa shape index (κ3) is 1.89. The van der Waals surface area contributed by atoms with Crippen molar-refractivity contribution in [2.75, 3.05) is 0 Å². The molecule has 16 heavy (non-hydrogen) atoms. The van der Waals surface area contributed by atoms with E-state index in [9.17, 15) is 13.9 Å². The third-order valence-electron chi connectivity index (χ3n) is 3.35. The molecular weight excluding hydrogens is 278 g/mol. The Kier molecular flexibility index (Phi) is 2.83. The minimum Gasteiger partial charge on any atom is -0.388 e. The van der Waals surface area contributed by atoms with E-state index < -0.39 is 17.7 Å². The second kappa shape index (κ2) is 3.77. The lowest BCUT2D eigenvalue weighted by Gasteiger charge is -2.15. The first kappa shape index (κ1) is 12.0. The van der Waals surface area contributed by atoms with Crippen molar-refractivity contribution in [3.8, 4) is 0 Å². The van der Waals surface area contributed by atoms with Crippen LogP contribution >= 0.6 is 15.9 Å². The highest BCUT2D eigenvalue weighted by molar-refractivity contribution is 9.10. The van der Waals surface area contributed by atoms with Gasteiger partial charge in [0, 0.05) is 0 Å². The maximum Gasteiger partial charge on any atom is 0.146 e. The predicted molar refractivity (Wildman–Crippen MR) is 60.9 cm³/mol. The van der Waals surface area contributed by atoms with Crippen molar-refractivity contribution in [2.24, 2.45) is 11.3 Å². The van der Waals surface area contributed by atoms with Gasteiger partial charge in [0.15, 0.2) is 0 Å². The van der Waals surface area contributed by atoms with Gasteiger partial charge in [0.1, 0.15) is 11.6 Å². The molecule has 1 fully saturated rings. The molecule has 0 aromatic heterocycles. The fraction of sp³-hybridized carbons (Fsp3) is 0.500. The number of aliphatic hydroxyl groups is 1. The van der Waals surface area contributed by atoms with Gasteiger partial charge in [0.25, 0.3) is 0 Å². The second-order valence-electron chi connectivity index (χ2n) is 5.00. The van der Waals surface area contributed by atoms with E-state index in [1.165, 1.54) is 12.1 Å². The fourth-order valence-corrected chi connectivity index (χ4v) is 2.41. The van der Waals surface area contributed by atoms with E-state index in [1.807, 2.05) is 13.8 Å². The first-order valence-corrected chi connectivity index (χ1v) is 5.95. The van der Waals surface area contributed by atoms with E-state index in [4.69, 9.17) is 0 Å². The van der Waals surface area contributed by atoms with Crippen LogP contribution in [0.25, 0.3) is 0 Å². The van der Waals surface area contributed by atoms with E-state index in [2.05, 4.69) is 15.9 Å². The van der Waals surface area contributed by atoms with Crippen LogP contribution in [0.4, 0.5) is 8.78 Å². The molecule has 0 radical (unpaired) electrons. The van der Waals surface area contributed by atoms with Crippen molar-refractivity contribution < 1.29 is 13.9 Å². The molecule has 0 saturated heterocycles. The number of aliphatic hydroxyl groups excluding tert-OH is 1.